The van der Waals surface area contributed by atoms with Crippen LogP contribution in [0.3, 0.4) is 0 Å². The van der Waals surface area contributed by atoms with Crippen molar-refractivity contribution in [2.24, 2.45) is 0 Å². The molecule has 2 rings (SSSR count). The van der Waals surface area contributed by atoms with Gasteiger partial charge < -0.3 is 14.4 Å². The van der Waals surface area contributed by atoms with Crippen LogP contribution in [0.15, 0.2) is 22.8 Å². The number of hydrogen-bond donors (Lipinski definition) is 2. The van der Waals surface area contributed by atoms with Gasteiger partial charge in [-0.2, -0.15) is 0 Å². The maximum atomic E-state index is 12.2. The zero-order valence-corrected chi connectivity index (χ0v) is 14.7. The Morgan fingerprint density at radius 3 is 2.70 bits per heavy atom. The summed E-state index contributed by atoms with van der Waals surface area (Å²) in [6, 6.07) is 3.60. The van der Waals surface area contributed by atoms with Crippen molar-refractivity contribution in [3.05, 3.63) is 27.8 Å². The molecule has 0 radical (unpaired) electrons. The molecule has 0 bridgehead atoms. The van der Waals surface area contributed by atoms with Crippen molar-refractivity contribution in [1.29, 1.82) is 0 Å². The summed E-state index contributed by atoms with van der Waals surface area (Å²) in [5.41, 5.74) is 0.673. The Labute approximate surface area is 132 Å². The lowest BCUT2D eigenvalue weighted by molar-refractivity contribution is -0.861. The van der Waals surface area contributed by atoms with Crippen molar-refractivity contribution in [1.82, 2.24) is 4.98 Å². The summed E-state index contributed by atoms with van der Waals surface area (Å²) in [6.07, 6.45) is 1.69. The number of H-pyrrole nitrogens is 1. The van der Waals surface area contributed by atoms with E-state index in [9.17, 15) is 9.69 Å². The lowest BCUT2D eigenvalue weighted by Crippen LogP contribution is -2.39. The highest BCUT2D eigenvalue weighted by Gasteiger charge is 2.26. The molecule has 1 aromatic carbocycles. The molecule has 1 atom stereocenters. The van der Waals surface area contributed by atoms with E-state index in [2.05, 4.69) is 20.9 Å². The number of carbonyl (C=O) groups is 1. The first-order chi connectivity index (χ1) is 9.19. The second-order valence-electron chi connectivity index (χ2n) is 5.64. The number of quaternary nitrogens is 1. The van der Waals surface area contributed by atoms with Gasteiger partial charge in [-0.25, -0.2) is 0 Å². The molecule has 0 aliphatic heterocycles. The zero-order valence-electron chi connectivity index (χ0n) is 11.4. The molecular weight excluding hydrogens is 362 g/mol. The average molecular weight is 379 g/mol. The smallest absolute Gasteiger partial charge is 0.239 e. The molecule has 0 amide bonds. The Balaban J connectivity index is 2.38. The van der Waals surface area contributed by atoms with Crippen LogP contribution in [0.2, 0.25) is 5.02 Å². The van der Waals surface area contributed by atoms with Crippen LogP contribution in [-0.4, -0.2) is 47.6 Å². The molecule has 4 nitrogen and oxygen atoms in total. The predicted octanol–water partition coefficient (Wildman–Crippen LogP) is 2.83. The quantitative estimate of drug-likeness (QED) is 0.635. The van der Waals surface area contributed by atoms with E-state index < -0.39 is 8.15 Å². The third-order valence-corrected chi connectivity index (χ3v) is 5.41. The fourth-order valence-electron chi connectivity index (χ4n) is 1.88. The fraction of sp³-hybridized carbons (Fsp3) is 0.308. The molecule has 1 heterocycles. The Hall–Kier alpha value is -0.450. The molecule has 1 aromatic heterocycles. The van der Waals surface area contributed by atoms with Gasteiger partial charge in [0, 0.05) is 26.9 Å². The normalized spacial score (nSPS) is 13.7. The van der Waals surface area contributed by atoms with Gasteiger partial charge in [-0.1, -0.05) is 11.6 Å². The number of aromatic amines is 1. The third kappa shape index (κ3) is 3.41. The van der Waals surface area contributed by atoms with Crippen LogP contribution in [0.25, 0.3) is 10.9 Å². The van der Waals surface area contributed by atoms with Gasteiger partial charge in [0.1, 0.15) is 14.7 Å². The van der Waals surface area contributed by atoms with Crippen LogP contribution >= 0.6 is 35.7 Å². The van der Waals surface area contributed by atoms with Crippen molar-refractivity contribution in [3.8, 4) is 0 Å². The molecule has 20 heavy (non-hydrogen) atoms. The van der Waals surface area contributed by atoms with Gasteiger partial charge in [0.2, 0.25) is 5.52 Å². The number of rotatable bonds is 4. The summed E-state index contributed by atoms with van der Waals surface area (Å²) < 4.78 is 1.24. The standard InChI is InChI=1S/C13H16BrClN2O2P/c1-17(2,3)7-13(18)20(19)12-6-16-11-5-10(15)9(14)4-8(11)12/h4-6,16,19H,7H2,1-3H3/q+1. The first kappa shape index (κ1) is 15.9. The second kappa shape index (κ2) is 5.74. The average Bonchev–Trinajstić information content (AvgIpc) is 2.69. The predicted molar refractivity (Wildman–Crippen MR) is 87.7 cm³/mol. The largest absolute Gasteiger partial charge is 0.362 e. The molecule has 0 aliphatic carbocycles. The van der Waals surface area contributed by atoms with Crippen molar-refractivity contribution >= 4 is 57.4 Å². The van der Waals surface area contributed by atoms with E-state index in [4.69, 9.17) is 11.6 Å². The van der Waals surface area contributed by atoms with Gasteiger partial charge in [-0.15, -0.1) is 0 Å². The van der Waals surface area contributed by atoms with Gasteiger partial charge >= 0.3 is 0 Å². The van der Waals surface area contributed by atoms with Crippen LogP contribution in [-0.2, 0) is 4.79 Å². The minimum atomic E-state index is -1.84. The van der Waals surface area contributed by atoms with Crippen LogP contribution in [0.5, 0.6) is 0 Å². The molecule has 2 N–H and O–H groups in total. The maximum Gasteiger partial charge on any atom is 0.239 e. The van der Waals surface area contributed by atoms with E-state index in [-0.39, 0.29) is 5.52 Å². The van der Waals surface area contributed by atoms with Gasteiger partial charge in [-0.3, -0.25) is 4.79 Å². The summed E-state index contributed by atoms with van der Waals surface area (Å²) in [5, 5.41) is 2.06. The van der Waals surface area contributed by atoms with Crippen molar-refractivity contribution < 1.29 is 14.2 Å². The highest BCUT2D eigenvalue weighted by molar-refractivity contribution is 9.10. The van der Waals surface area contributed by atoms with Crippen LogP contribution in [0.1, 0.15) is 0 Å². The number of benzene rings is 1. The topological polar surface area (TPSA) is 53.1 Å². The van der Waals surface area contributed by atoms with Crippen molar-refractivity contribution in [3.63, 3.8) is 0 Å². The maximum absolute atomic E-state index is 12.2. The highest BCUT2D eigenvalue weighted by Crippen LogP contribution is 2.36. The Morgan fingerprint density at radius 2 is 2.10 bits per heavy atom. The summed E-state index contributed by atoms with van der Waals surface area (Å²) >= 11 is 9.39. The molecule has 108 valence electrons. The SMILES string of the molecule is C[N+](C)(C)CC(=O)P(O)c1c[nH]c2cc(Cl)c(Br)cc12. The molecule has 2 aromatic rings. The molecule has 0 saturated carbocycles. The molecule has 0 spiro atoms. The Morgan fingerprint density at radius 1 is 1.45 bits per heavy atom. The molecule has 0 aliphatic rings. The van der Waals surface area contributed by atoms with E-state index in [1.807, 2.05) is 27.2 Å². The molecule has 0 saturated heterocycles. The minimum absolute atomic E-state index is 0.139. The van der Waals surface area contributed by atoms with Gasteiger partial charge in [0.05, 0.1) is 26.2 Å². The van der Waals surface area contributed by atoms with Gasteiger partial charge in [0.25, 0.3) is 0 Å². The zero-order chi connectivity index (χ0) is 15.1. The number of nitrogens with zero attached hydrogens (tertiary/aromatic N) is 1. The van der Waals surface area contributed by atoms with Crippen LogP contribution in [0, 0.1) is 0 Å². The molecule has 7 heteroatoms. The van der Waals surface area contributed by atoms with E-state index in [0.29, 0.717) is 21.4 Å². The second-order valence-corrected chi connectivity index (χ2v) is 8.51. The van der Waals surface area contributed by atoms with E-state index in [0.717, 1.165) is 15.4 Å². The number of hydrogen-bond acceptors (Lipinski definition) is 2. The Bertz CT molecular complexity index is 666. The molecule has 0 fully saturated rings. The van der Waals surface area contributed by atoms with Crippen LogP contribution in [0.4, 0.5) is 0 Å². The Kier molecular flexibility index (Phi) is 4.57. The van der Waals surface area contributed by atoms with Crippen molar-refractivity contribution in [2.45, 2.75) is 0 Å². The molecular formula is C13H16BrClN2O2P+. The summed E-state index contributed by atoms with van der Waals surface area (Å²) in [6.45, 7) is 0.295. The fourth-order valence-corrected chi connectivity index (χ4v) is 3.82. The summed E-state index contributed by atoms with van der Waals surface area (Å²) in [4.78, 5) is 25.5. The molecule has 1 unspecified atom stereocenters. The number of likely N-dealkylation sites (N-methyl/N-ethyl adjacent to an activating group) is 1. The number of aromatic nitrogens is 1. The van der Waals surface area contributed by atoms with E-state index in [1.54, 1.807) is 12.3 Å². The first-order valence-electron chi connectivity index (χ1n) is 5.97. The van der Waals surface area contributed by atoms with Gasteiger partial charge in [0.15, 0.2) is 0 Å². The minimum Gasteiger partial charge on any atom is -0.362 e. The monoisotopic (exact) mass is 377 g/mol. The lowest BCUT2D eigenvalue weighted by Gasteiger charge is -2.23. The van der Waals surface area contributed by atoms with Crippen LogP contribution < -0.4 is 5.30 Å². The first-order valence-corrected chi connectivity index (χ1v) is 8.44. The van der Waals surface area contributed by atoms with Crippen molar-refractivity contribution in [2.75, 3.05) is 27.7 Å². The van der Waals surface area contributed by atoms with Gasteiger partial charge in [-0.05, 0) is 28.1 Å². The summed E-state index contributed by atoms with van der Waals surface area (Å²) in [5.74, 6) is 0. The third-order valence-electron chi connectivity index (χ3n) is 2.77. The van der Waals surface area contributed by atoms with E-state index in [1.165, 1.54) is 0 Å². The number of fused-ring (bicyclic) bond motifs is 1. The lowest BCUT2D eigenvalue weighted by atomic mass is 10.2. The van der Waals surface area contributed by atoms with E-state index >= 15 is 0 Å². The number of nitrogens with one attached hydrogen (secondary N) is 1. The number of carbonyl (C=O) groups excluding carboxylic acids is 1. The highest BCUT2D eigenvalue weighted by atomic mass is 79.9. The number of halogens is 2. The summed E-state index contributed by atoms with van der Waals surface area (Å²) in [7, 11) is 3.93.